The number of hydrogen-bond acceptors (Lipinski definition) is 5. The van der Waals surface area contributed by atoms with Gasteiger partial charge in [0.1, 0.15) is 16.8 Å². The summed E-state index contributed by atoms with van der Waals surface area (Å²) in [5.41, 5.74) is 1.47. The van der Waals surface area contributed by atoms with E-state index in [1.165, 1.54) is 16.6 Å². The Kier molecular flexibility index (Phi) is 5.90. The van der Waals surface area contributed by atoms with Crippen molar-refractivity contribution in [3.63, 3.8) is 0 Å². The predicted octanol–water partition coefficient (Wildman–Crippen LogP) is 3.51. The van der Waals surface area contributed by atoms with Gasteiger partial charge < -0.3 is 10.2 Å². The molecule has 3 aromatic rings. The number of carbonyl (C=O) groups excluding carboxylic acids is 1. The van der Waals surface area contributed by atoms with Crippen molar-refractivity contribution in [2.24, 2.45) is 0 Å². The summed E-state index contributed by atoms with van der Waals surface area (Å²) in [5, 5.41) is 3.13. The maximum atomic E-state index is 13.1. The zero-order valence-electron chi connectivity index (χ0n) is 17.2. The van der Waals surface area contributed by atoms with Crippen LogP contribution in [0.3, 0.4) is 0 Å². The maximum Gasteiger partial charge on any atom is 0.265 e. The number of nitrogens with one attached hydrogen (secondary N) is 1. The normalized spacial score (nSPS) is 16.4. The second kappa shape index (κ2) is 8.77. The average molecular weight is 437 g/mol. The fourth-order valence-electron chi connectivity index (χ4n) is 3.69. The number of amides is 1. The Bertz CT molecular complexity index is 1140. The molecule has 4 rings (SSSR count). The number of nitrogens with zero attached hydrogens (tertiary/aromatic N) is 3. The van der Waals surface area contributed by atoms with Gasteiger partial charge in [-0.3, -0.25) is 9.10 Å². The van der Waals surface area contributed by atoms with E-state index in [9.17, 15) is 13.2 Å². The summed E-state index contributed by atoms with van der Waals surface area (Å²) in [6.07, 6.45) is 1.98. The van der Waals surface area contributed by atoms with E-state index >= 15 is 0 Å². The Morgan fingerprint density at radius 1 is 1.03 bits per heavy atom. The lowest BCUT2D eigenvalue weighted by Gasteiger charge is -2.23. The molecule has 0 aliphatic carbocycles. The SMILES string of the molecule is CCN(c1ccccc1)S(=O)(=O)c1ccc(NC2CCN(c3ccccc3)C2=O)nc1. The van der Waals surface area contributed by atoms with Gasteiger partial charge in [-0.15, -0.1) is 0 Å². The monoisotopic (exact) mass is 436 g/mol. The van der Waals surface area contributed by atoms with Gasteiger partial charge in [0.05, 0.1) is 5.69 Å². The molecule has 160 valence electrons. The fraction of sp³-hybridized carbons (Fsp3) is 0.217. The number of anilines is 3. The second-order valence-corrected chi connectivity index (χ2v) is 9.06. The zero-order valence-corrected chi connectivity index (χ0v) is 18.0. The molecule has 1 amide bonds. The molecule has 31 heavy (non-hydrogen) atoms. The Morgan fingerprint density at radius 3 is 2.32 bits per heavy atom. The first kappa shape index (κ1) is 20.9. The molecule has 1 aromatic heterocycles. The third kappa shape index (κ3) is 4.25. The molecule has 0 spiro atoms. The van der Waals surface area contributed by atoms with E-state index in [4.69, 9.17) is 0 Å². The van der Waals surface area contributed by atoms with Gasteiger partial charge in [0, 0.05) is 25.0 Å². The van der Waals surface area contributed by atoms with Crippen molar-refractivity contribution in [1.29, 1.82) is 0 Å². The van der Waals surface area contributed by atoms with E-state index in [1.807, 2.05) is 36.4 Å². The van der Waals surface area contributed by atoms with Crippen LogP contribution in [0.15, 0.2) is 83.9 Å². The highest BCUT2D eigenvalue weighted by Gasteiger charge is 2.32. The molecule has 2 heterocycles. The highest BCUT2D eigenvalue weighted by molar-refractivity contribution is 7.92. The number of pyridine rings is 1. The summed E-state index contributed by atoms with van der Waals surface area (Å²) in [5.74, 6) is 0.445. The third-order valence-electron chi connectivity index (χ3n) is 5.25. The fourth-order valence-corrected chi connectivity index (χ4v) is 5.11. The van der Waals surface area contributed by atoms with Crippen LogP contribution in [0.2, 0.25) is 0 Å². The van der Waals surface area contributed by atoms with Crippen LogP contribution in [0.5, 0.6) is 0 Å². The molecule has 1 fully saturated rings. The smallest absolute Gasteiger partial charge is 0.265 e. The first-order valence-corrected chi connectivity index (χ1v) is 11.6. The Balaban J connectivity index is 1.48. The number of sulfonamides is 1. The molecule has 8 heteroatoms. The predicted molar refractivity (Wildman–Crippen MR) is 122 cm³/mol. The molecular formula is C23H24N4O3S. The number of para-hydroxylation sites is 2. The molecule has 0 radical (unpaired) electrons. The molecule has 7 nitrogen and oxygen atoms in total. The number of benzene rings is 2. The van der Waals surface area contributed by atoms with Gasteiger partial charge in [-0.2, -0.15) is 0 Å². The number of aromatic nitrogens is 1. The molecule has 1 saturated heterocycles. The van der Waals surface area contributed by atoms with Crippen molar-refractivity contribution in [2.45, 2.75) is 24.3 Å². The molecule has 1 aliphatic rings. The quantitative estimate of drug-likeness (QED) is 0.613. The van der Waals surface area contributed by atoms with Gasteiger partial charge in [0.25, 0.3) is 10.0 Å². The van der Waals surface area contributed by atoms with Gasteiger partial charge >= 0.3 is 0 Å². The van der Waals surface area contributed by atoms with Crippen LogP contribution in [0.4, 0.5) is 17.2 Å². The summed E-state index contributed by atoms with van der Waals surface area (Å²) in [7, 11) is -3.74. The third-order valence-corrected chi connectivity index (χ3v) is 7.14. The van der Waals surface area contributed by atoms with E-state index in [0.29, 0.717) is 31.0 Å². The minimum atomic E-state index is -3.74. The Hall–Kier alpha value is -3.39. The average Bonchev–Trinajstić information content (AvgIpc) is 3.16. The van der Waals surface area contributed by atoms with Crippen molar-refractivity contribution in [3.05, 3.63) is 79.0 Å². The summed E-state index contributed by atoms with van der Waals surface area (Å²) < 4.78 is 27.5. The summed E-state index contributed by atoms with van der Waals surface area (Å²) in [6.45, 7) is 2.71. The first-order valence-electron chi connectivity index (χ1n) is 10.2. The number of carbonyl (C=O) groups is 1. The Labute approximate surface area is 182 Å². The minimum Gasteiger partial charge on any atom is -0.358 e. The van der Waals surface area contributed by atoms with Gasteiger partial charge in [-0.25, -0.2) is 13.4 Å². The van der Waals surface area contributed by atoms with Gasteiger partial charge in [-0.05, 0) is 49.7 Å². The lowest BCUT2D eigenvalue weighted by Crippen LogP contribution is -2.33. The van der Waals surface area contributed by atoms with Crippen LogP contribution in [0.25, 0.3) is 0 Å². The molecule has 0 saturated carbocycles. The summed E-state index contributed by atoms with van der Waals surface area (Å²) in [4.78, 5) is 18.9. The second-order valence-electron chi connectivity index (χ2n) is 7.20. The molecular weight excluding hydrogens is 412 g/mol. The van der Waals surface area contributed by atoms with Crippen molar-refractivity contribution in [2.75, 3.05) is 27.6 Å². The van der Waals surface area contributed by atoms with Gasteiger partial charge in [-0.1, -0.05) is 36.4 Å². The molecule has 1 N–H and O–H groups in total. The van der Waals surface area contributed by atoms with E-state index < -0.39 is 16.1 Å². The van der Waals surface area contributed by atoms with Crippen molar-refractivity contribution >= 4 is 33.1 Å². The molecule has 0 bridgehead atoms. The van der Waals surface area contributed by atoms with Gasteiger partial charge in [0.2, 0.25) is 5.91 Å². The van der Waals surface area contributed by atoms with E-state index in [-0.39, 0.29) is 10.8 Å². The van der Waals surface area contributed by atoms with E-state index in [0.717, 1.165) is 5.69 Å². The van der Waals surface area contributed by atoms with E-state index in [1.54, 1.807) is 42.2 Å². The molecule has 1 aliphatic heterocycles. The highest BCUT2D eigenvalue weighted by Crippen LogP contribution is 2.25. The first-order chi connectivity index (χ1) is 15.0. The summed E-state index contributed by atoms with van der Waals surface area (Å²) in [6, 6.07) is 21.2. The van der Waals surface area contributed by atoms with Crippen molar-refractivity contribution in [3.8, 4) is 0 Å². The lowest BCUT2D eigenvalue weighted by molar-refractivity contribution is -0.117. The van der Waals surface area contributed by atoms with Crippen LogP contribution in [-0.4, -0.2) is 38.4 Å². The van der Waals surface area contributed by atoms with Crippen LogP contribution < -0.4 is 14.5 Å². The largest absolute Gasteiger partial charge is 0.358 e. The molecule has 1 unspecified atom stereocenters. The lowest BCUT2D eigenvalue weighted by atomic mass is 10.2. The van der Waals surface area contributed by atoms with Crippen molar-refractivity contribution < 1.29 is 13.2 Å². The minimum absolute atomic E-state index is 0.0223. The van der Waals surface area contributed by atoms with Gasteiger partial charge in [0.15, 0.2) is 0 Å². The van der Waals surface area contributed by atoms with Crippen LogP contribution in [-0.2, 0) is 14.8 Å². The standard InChI is InChI=1S/C23H24N4O3S/c1-2-27(19-11-7-4-8-12-19)31(29,30)20-13-14-22(24-17-20)25-21-15-16-26(23(21)28)18-9-5-3-6-10-18/h3-14,17,21H,2,15-16H2,1H3,(H,24,25). The molecule has 1 atom stereocenters. The van der Waals surface area contributed by atoms with Crippen molar-refractivity contribution in [1.82, 2.24) is 4.98 Å². The Morgan fingerprint density at radius 2 is 1.71 bits per heavy atom. The van der Waals surface area contributed by atoms with Crippen LogP contribution in [0, 0.1) is 0 Å². The molecule has 2 aromatic carbocycles. The number of hydrogen-bond donors (Lipinski definition) is 1. The zero-order chi connectivity index (χ0) is 21.8. The maximum absolute atomic E-state index is 13.1. The highest BCUT2D eigenvalue weighted by atomic mass is 32.2. The van der Waals surface area contributed by atoms with E-state index in [2.05, 4.69) is 10.3 Å². The van der Waals surface area contributed by atoms with Crippen LogP contribution in [0.1, 0.15) is 13.3 Å². The number of rotatable bonds is 7. The summed E-state index contributed by atoms with van der Waals surface area (Å²) >= 11 is 0. The van der Waals surface area contributed by atoms with Crippen LogP contribution >= 0.6 is 0 Å². The topological polar surface area (TPSA) is 82.6 Å².